The maximum atomic E-state index is 12.3. The van der Waals surface area contributed by atoms with Gasteiger partial charge >= 0.3 is 0 Å². The minimum Gasteiger partial charge on any atom is -0.496 e. The normalized spacial score (nSPS) is 14.1. The Kier molecular flexibility index (Phi) is 5.56. The second-order valence-electron chi connectivity index (χ2n) is 5.69. The number of ether oxygens (including phenoxy) is 1. The van der Waals surface area contributed by atoms with E-state index in [0.29, 0.717) is 16.9 Å². The lowest BCUT2D eigenvalue weighted by Crippen LogP contribution is -2.34. The van der Waals surface area contributed by atoms with Gasteiger partial charge in [-0.3, -0.25) is 4.79 Å². The van der Waals surface area contributed by atoms with Crippen molar-refractivity contribution >= 4 is 5.91 Å². The van der Waals surface area contributed by atoms with Crippen LogP contribution < -0.4 is 10.1 Å². The Morgan fingerprint density at radius 3 is 2.50 bits per heavy atom. The monoisotopic (exact) mass is 324 g/mol. The van der Waals surface area contributed by atoms with Crippen molar-refractivity contribution in [2.75, 3.05) is 7.11 Å². The Morgan fingerprint density at radius 1 is 1.25 bits per heavy atom. The van der Waals surface area contributed by atoms with E-state index in [1.807, 2.05) is 6.07 Å². The number of carbonyl (C=O) groups excluding carboxylic acids is 1. The van der Waals surface area contributed by atoms with Gasteiger partial charge in [0, 0.05) is 5.56 Å². The van der Waals surface area contributed by atoms with E-state index in [1.165, 1.54) is 7.11 Å². The fraction of sp³-hybridized carbons (Fsp3) is 0.263. The number of nitrogens with zero attached hydrogens (tertiary/aromatic N) is 1. The number of amides is 1. The summed E-state index contributed by atoms with van der Waals surface area (Å²) in [6, 6.07) is 17.2. The number of methoxy groups -OCH3 is 1. The summed E-state index contributed by atoms with van der Waals surface area (Å²) >= 11 is 0. The van der Waals surface area contributed by atoms with Gasteiger partial charge in [-0.1, -0.05) is 48.5 Å². The number of para-hydroxylation sites is 1. The smallest absolute Gasteiger partial charge is 0.224 e. The highest BCUT2D eigenvalue weighted by Crippen LogP contribution is 2.27. The van der Waals surface area contributed by atoms with E-state index in [9.17, 15) is 15.2 Å². The second-order valence-corrected chi connectivity index (χ2v) is 5.69. The fourth-order valence-corrected chi connectivity index (χ4v) is 2.51. The minimum atomic E-state index is -1.31. The molecule has 2 rings (SSSR count). The summed E-state index contributed by atoms with van der Waals surface area (Å²) in [6.07, 6.45) is -0.148. The predicted octanol–water partition coefficient (Wildman–Crippen LogP) is 2.67. The largest absolute Gasteiger partial charge is 0.496 e. The third-order valence-corrected chi connectivity index (χ3v) is 3.78. The third kappa shape index (κ3) is 4.12. The molecule has 2 unspecified atom stereocenters. The first-order chi connectivity index (χ1) is 11.5. The van der Waals surface area contributed by atoms with Gasteiger partial charge in [0.25, 0.3) is 0 Å². The molecule has 0 aliphatic heterocycles. The topological polar surface area (TPSA) is 82.3 Å². The number of hydrogen-bond donors (Lipinski definition) is 2. The average Bonchev–Trinajstić information content (AvgIpc) is 2.60. The Morgan fingerprint density at radius 2 is 1.88 bits per heavy atom. The SMILES string of the molecule is COc1ccccc1C(C#N)NC(=O)CC(C)(O)c1ccccc1. The lowest BCUT2D eigenvalue weighted by atomic mass is 9.92. The van der Waals surface area contributed by atoms with Gasteiger partial charge in [-0.15, -0.1) is 0 Å². The minimum absolute atomic E-state index is 0.148. The van der Waals surface area contributed by atoms with Crippen LogP contribution in [-0.4, -0.2) is 18.1 Å². The number of nitriles is 1. The number of aliphatic hydroxyl groups is 1. The highest BCUT2D eigenvalue weighted by Gasteiger charge is 2.28. The molecule has 124 valence electrons. The molecule has 2 atom stereocenters. The maximum absolute atomic E-state index is 12.3. The van der Waals surface area contributed by atoms with Crippen molar-refractivity contribution in [3.05, 3.63) is 65.7 Å². The van der Waals surface area contributed by atoms with E-state index in [2.05, 4.69) is 11.4 Å². The van der Waals surface area contributed by atoms with Crippen LogP contribution in [0.4, 0.5) is 0 Å². The molecule has 2 N–H and O–H groups in total. The number of carbonyl (C=O) groups is 1. The molecule has 0 spiro atoms. The van der Waals surface area contributed by atoms with Gasteiger partial charge in [-0.2, -0.15) is 5.26 Å². The van der Waals surface area contributed by atoms with E-state index in [1.54, 1.807) is 55.5 Å². The van der Waals surface area contributed by atoms with Gasteiger partial charge in [0.15, 0.2) is 0 Å². The first-order valence-electron chi connectivity index (χ1n) is 7.57. The lowest BCUT2D eigenvalue weighted by Gasteiger charge is -2.24. The standard InChI is InChI=1S/C19H20N2O3/c1-19(23,14-8-4-3-5-9-14)12-18(22)21-16(13-20)15-10-6-7-11-17(15)24-2/h3-11,16,23H,12H2,1-2H3,(H,21,22). The summed E-state index contributed by atoms with van der Waals surface area (Å²) in [4.78, 5) is 12.3. The quantitative estimate of drug-likeness (QED) is 0.856. The van der Waals surface area contributed by atoms with Gasteiger partial charge in [-0.05, 0) is 18.6 Å². The van der Waals surface area contributed by atoms with Gasteiger partial charge < -0.3 is 15.2 Å². The lowest BCUT2D eigenvalue weighted by molar-refractivity contribution is -0.126. The van der Waals surface area contributed by atoms with Crippen molar-refractivity contribution < 1.29 is 14.6 Å². The van der Waals surface area contributed by atoms with E-state index in [0.717, 1.165) is 0 Å². The molecule has 2 aromatic carbocycles. The highest BCUT2D eigenvalue weighted by molar-refractivity contribution is 5.78. The number of hydrogen-bond acceptors (Lipinski definition) is 4. The first-order valence-corrected chi connectivity index (χ1v) is 7.57. The summed E-state index contributed by atoms with van der Waals surface area (Å²) in [5, 5.41) is 22.6. The van der Waals surface area contributed by atoms with Crippen molar-refractivity contribution in [3.63, 3.8) is 0 Å². The van der Waals surface area contributed by atoms with Crippen molar-refractivity contribution in [1.29, 1.82) is 5.26 Å². The molecular weight excluding hydrogens is 304 g/mol. The molecule has 0 fully saturated rings. The first kappa shape index (κ1) is 17.5. The number of rotatable bonds is 6. The molecule has 0 saturated carbocycles. The molecule has 1 amide bonds. The second kappa shape index (κ2) is 7.62. The van der Waals surface area contributed by atoms with E-state index in [-0.39, 0.29) is 6.42 Å². The average molecular weight is 324 g/mol. The Balaban J connectivity index is 2.12. The number of benzene rings is 2. The highest BCUT2D eigenvalue weighted by atomic mass is 16.5. The van der Waals surface area contributed by atoms with Crippen LogP contribution in [0.15, 0.2) is 54.6 Å². The molecular formula is C19H20N2O3. The molecule has 0 aliphatic carbocycles. The number of nitrogens with one attached hydrogen (secondary N) is 1. The van der Waals surface area contributed by atoms with Gasteiger partial charge in [0.2, 0.25) is 5.91 Å². The molecule has 0 heterocycles. The predicted molar refractivity (Wildman–Crippen MR) is 90.1 cm³/mol. The molecule has 5 nitrogen and oxygen atoms in total. The molecule has 0 aromatic heterocycles. The van der Waals surface area contributed by atoms with Crippen LogP contribution in [0.1, 0.15) is 30.5 Å². The van der Waals surface area contributed by atoms with Crippen molar-refractivity contribution in [2.45, 2.75) is 25.0 Å². The molecule has 24 heavy (non-hydrogen) atoms. The Bertz CT molecular complexity index is 736. The van der Waals surface area contributed by atoms with Crippen LogP contribution in [0.2, 0.25) is 0 Å². The van der Waals surface area contributed by atoms with Crippen LogP contribution >= 0.6 is 0 Å². The van der Waals surface area contributed by atoms with Gasteiger partial charge in [0.05, 0.1) is 25.2 Å². The van der Waals surface area contributed by atoms with Crippen LogP contribution in [0.25, 0.3) is 0 Å². The molecule has 0 saturated heterocycles. The third-order valence-electron chi connectivity index (χ3n) is 3.78. The summed E-state index contributed by atoms with van der Waals surface area (Å²) in [7, 11) is 1.51. The van der Waals surface area contributed by atoms with Crippen LogP contribution in [-0.2, 0) is 10.4 Å². The summed E-state index contributed by atoms with van der Waals surface area (Å²) in [6.45, 7) is 1.58. The van der Waals surface area contributed by atoms with E-state index >= 15 is 0 Å². The van der Waals surface area contributed by atoms with Crippen molar-refractivity contribution in [2.24, 2.45) is 0 Å². The molecule has 0 aliphatic rings. The fourth-order valence-electron chi connectivity index (χ4n) is 2.51. The van der Waals surface area contributed by atoms with Crippen molar-refractivity contribution in [1.82, 2.24) is 5.32 Å². The summed E-state index contributed by atoms with van der Waals surface area (Å²) in [5.41, 5.74) is -0.0901. The zero-order chi connectivity index (χ0) is 17.6. The summed E-state index contributed by atoms with van der Waals surface area (Å²) < 4.78 is 5.23. The van der Waals surface area contributed by atoms with Crippen LogP contribution in [0.5, 0.6) is 5.75 Å². The zero-order valence-corrected chi connectivity index (χ0v) is 13.7. The van der Waals surface area contributed by atoms with Crippen LogP contribution in [0.3, 0.4) is 0 Å². The zero-order valence-electron chi connectivity index (χ0n) is 13.7. The Hall–Kier alpha value is -2.84. The van der Waals surface area contributed by atoms with E-state index < -0.39 is 17.6 Å². The van der Waals surface area contributed by atoms with E-state index in [4.69, 9.17) is 4.74 Å². The van der Waals surface area contributed by atoms with Crippen LogP contribution in [0, 0.1) is 11.3 Å². The Labute approximate surface area is 141 Å². The summed E-state index contributed by atoms with van der Waals surface area (Å²) in [5.74, 6) is 0.112. The molecule has 0 radical (unpaired) electrons. The van der Waals surface area contributed by atoms with Crippen molar-refractivity contribution in [3.8, 4) is 11.8 Å². The van der Waals surface area contributed by atoms with Gasteiger partial charge in [-0.25, -0.2) is 0 Å². The molecule has 2 aromatic rings. The van der Waals surface area contributed by atoms with Gasteiger partial charge in [0.1, 0.15) is 11.8 Å². The maximum Gasteiger partial charge on any atom is 0.224 e. The molecule has 0 bridgehead atoms. The molecule has 5 heteroatoms.